The lowest BCUT2D eigenvalue weighted by Gasteiger charge is -2.13. The highest BCUT2D eigenvalue weighted by atomic mass is 35.5. The van der Waals surface area contributed by atoms with E-state index in [0.717, 1.165) is 18.4 Å². The Hall–Kier alpha value is -1.38. The summed E-state index contributed by atoms with van der Waals surface area (Å²) in [6.45, 7) is 0. The van der Waals surface area contributed by atoms with Crippen molar-refractivity contribution in [2.75, 3.05) is 0 Å². The van der Waals surface area contributed by atoms with E-state index >= 15 is 0 Å². The SMILES string of the molecule is OC(c1ccc(F)c(Cl)c1)c1ccc2c(c1)CCC2. The van der Waals surface area contributed by atoms with E-state index in [2.05, 4.69) is 6.07 Å². The second-order valence-corrected chi connectivity index (χ2v) is 5.36. The Morgan fingerprint density at radius 2 is 1.68 bits per heavy atom. The van der Waals surface area contributed by atoms with Crippen LogP contribution in [0.15, 0.2) is 36.4 Å². The van der Waals surface area contributed by atoms with Crippen LogP contribution < -0.4 is 0 Å². The quantitative estimate of drug-likeness (QED) is 0.877. The van der Waals surface area contributed by atoms with Gasteiger partial charge in [0.1, 0.15) is 11.9 Å². The third kappa shape index (κ3) is 2.38. The summed E-state index contributed by atoms with van der Waals surface area (Å²) in [5.41, 5.74) is 4.13. The molecule has 19 heavy (non-hydrogen) atoms. The monoisotopic (exact) mass is 276 g/mol. The zero-order valence-electron chi connectivity index (χ0n) is 10.4. The van der Waals surface area contributed by atoms with Crippen LogP contribution in [0.25, 0.3) is 0 Å². The number of hydrogen-bond acceptors (Lipinski definition) is 1. The highest BCUT2D eigenvalue weighted by molar-refractivity contribution is 6.30. The van der Waals surface area contributed by atoms with Gasteiger partial charge in [-0.1, -0.05) is 35.9 Å². The Morgan fingerprint density at radius 1 is 1.00 bits per heavy atom. The van der Waals surface area contributed by atoms with E-state index in [4.69, 9.17) is 11.6 Å². The van der Waals surface area contributed by atoms with Crippen molar-refractivity contribution < 1.29 is 9.50 Å². The van der Waals surface area contributed by atoms with Crippen LogP contribution in [0, 0.1) is 5.82 Å². The summed E-state index contributed by atoms with van der Waals surface area (Å²) in [5, 5.41) is 10.4. The molecule has 2 aromatic rings. The molecule has 98 valence electrons. The first-order valence-electron chi connectivity index (χ1n) is 6.40. The van der Waals surface area contributed by atoms with Crippen molar-refractivity contribution in [1.82, 2.24) is 0 Å². The van der Waals surface area contributed by atoms with Crippen LogP contribution in [-0.2, 0) is 12.8 Å². The fourth-order valence-corrected chi connectivity index (χ4v) is 2.83. The van der Waals surface area contributed by atoms with Crippen molar-refractivity contribution in [3.8, 4) is 0 Å². The molecule has 1 N–H and O–H groups in total. The van der Waals surface area contributed by atoms with Crippen molar-refractivity contribution in [3.63, 3.8) is 0 Å². The van der Waals surface area contributed by atoms with Gasteiger partial charge in [-0.25, -0.2) is 4.39 Å². The van der Waals surface area contributed by atoms with Gasteiger partial charge in [0.15, 0.2) is 0 Å². The molecule has 0 amide bonds. The number of aliphatic hydroxyl groups is 1. The fraction of sp³-hybridized carbons (Fsp3) is 0.250. The molecule has 0 fully saturated rings. The minimum atomic E-state index is -0.760. The number of hydrogen-bond donors (Lipinski definition) is 1. The first kappa shape index (κ1) is 12.6. The van der Waals surface area contributed by atoms with Gasteiger partial charge in [0.2, 0.25) is 0 Å². The molecule has 1 aliphatic rings. The standard InChI is InChI=1S/C16H14ClFO/c17-14-9-13(6-7-15(14)18)16(19)12-5-4-10-2-1-3-11(10)8-12/h4-9,16,19H,1-3H2. The third-order valence-electron chi connectivity index (χ3n) is 3.70. The molecule has 1 atom stereocenters. The summed E-state index contributed by atoms with van der Waals surface area (Å²) in [6, 6.07) is 10.4. The van der Waals surface area contributed by atoms with Crippen LogP contribution in [0.2, 0.25) is 5.02 Å². The van der Waals surface area contributed by atoms with E-state index in [1.165, 1.54) is 29.7 Å². The van der Waals surface area contributed by atoms with E-state index < -0.39 is 11.9 Å². The molecule has 0 spiro atoms. The average molecular weight is 277 g/mol. The number of halogens is 2. The maximum atomic E-state index is 13.1. The van der Waals surface area contributed by atoms with Crippen LogP contribution >= 0.6 is 11.6 Å². The lowest BCUT2D eigenvalue weighted by atomic mass is 9.98. The van der Waals surface area contributed by atoms with Gasteiger partial charge in [0, 0.05) is 0 Å². The van der Waals surface area contributed by atoms with E-state index in [9.17, 15) is 9.50 Å². The Kier molecular flexibility index (Phi) is 3.29. The number of rotatable bonds is 2. The molecule has 0 heterocycles. The molecular weight excluding hydrogens is 263 g/mol. The van der Waals surface area contributed by atoms with Crippen molar-refractivity contribution >= 4 is 11.6 Å². The predicted octanol–water partition coefficient (Wildman–Crippen LogP) is 4.05. The molecule has 0 bridgehead atoms. The highest BCUT2D eigenvalue weighted by Crippen LogP contribution is 2.29. The van der Waals surface area contributed by atoms with Gasteiger partial charge < -0.3 is 5.11 Å². The molecule has 1 nitrogen and oxygen atoms in total. The topological polar surface area (TPSA) is 20.2 Å². The van der Waals surface area contributed by atoms with Crippen LogP contribution in [0.4, 0.5) is 4.39 Å². The summed E-state index contributed by atoms with van der Waals surface area (Å²) in [7, 11) is 0. The van der Waals surface area contributed by atoms with Gasteiger partial charge in [0.05, 0.1) is 5.02 Å². The molecule has 0 saturated carbocycles. The maximum Gasteiger partial charge on any atom is 0.141 e. The summed E-state index contributed by atoms with van der Waals surface area (Å²) < 4.78 is 13.1. The zero-order chi connectivity index (χ0) is 13.4. The second kappa shape index (κ2) is 4.95. The number of aryl methyl sites for hydroxylation is 2. The van der Waals surface area contributed by atoms with Crippen molar-refractivity contribution in [2.45, 2.75) is 25.4 Å². The second-order valence-electron chi connectivity index (χ2n) is 4.96. The largest absolute Gasteiger partial charge is 0.384 e. The third-order valence-corrected chi connectivity index (χ3v) is 3.99. The van der Waals surface area contributed by atoms with Gasteiger partial charge in [-0.3, -0.25) is 0 Å². The van der Waals surface area contributed by atoms with E-state index in [0.29, 0.717) is 5.56 Å². The first-order valence-corrected chi connectivity index (χ1v) is 6.77. The normalized spacial score (nSPS) is 15.3. The molecule has 0 aliphatic heterocycles. The maximum absolute atomic E-state index is 13.1. The van der Waals surface area contributed by atoms with Crippen molar-refractivity contribution in [3.05, 3.63) is 69.5 Å². The lowest BCUT2D eigenvalue weighted by molar-refractivity contribution is 0.220. The minimum Gasteiger partial charge on any atom is -0.384 e. The Balaban J connectivity index is 1.94. The first-order chi connectivity index (χ1) is 9.15. The van der Waals surface area contributed by atoms with Gasteiger partial charge >= 0.3 is 0 Å². The minimum absolute atomic E-state index is 0.0395. The number of aliphatic hydroxyl groups excluding tert-OH is 1. The number of fused-ring (bicyclic) bond motifs is 1. The summed E-state index contributed by atoms with van der Waals surface area (Å²) in [6.07, 6.45) is 2.61. The van der Waals surface area contributed by atoms with Crippen LogP contribution in [0.1, 0.15) is 34.8 Å². The van der Waals surface area contributed by atoms with E-state index in [1.807, 2.05) is 12.1 Å². The highest BCUT2D eigenvalue weighted by Gasteiger charge is 2.16. The molecule has 2 aromatic carbocycles. The molecule has 1 unspecified atom stereocenters. The predicted molar refractivity (Wildman–Crippen MR) is 73.9 cm³/mol. The number of benzene rings is 2. The molecular formula is C16H14ClFO. The molecule has 0 saturated heterocycles. The average Bonchev–Trinajstić information content (AvgIpc) is 2.88. The molecule has 0 radical (unpaired) electrons. The van der Waals surface area contributed by atoms with E-state index in [1.54, 1.807) is 6.07 Å². The van der Waals surface area contributed by atoms with Crippen LogP contribution in [0.3, 0.4) is 0 Å². The molecule has 0 aromatic heterocycles. The van der Waals surface area contributed by atoms with Gasteiger partial charge in [-0.2, -0.15) is 0 Å². The summed E-state index contributed by atoms with van der Waals surface area (Å²) in [4.78, 5) is 0. The lowest BCUT2D eigenvalue weighted by Crippen LogP contribution is -2.01. The van der Waals surface area contributed by atoms with Crippen LogP contribution in [0.5, 0.6) is 0 Å². The molecule has 3 rings (SSSR count). The smallest absolute Gasteiger partial charge is 0.141 e. The van der Waals surface area contributed by atoms with Gasteiger partial charge in [0.25, 0.3) is 0 Å². The summed E-state index contributed by atoms with van der Waals surface area (Å²) >= 11 is 5.75. The van der Waals surface area contributed by atoms with Gasteiger partial charge in [-0.15, -0.1) is 0 Å². The van der Waals surface area contributed by atoms with Crippen LogP contribution in [-0.4, -0.2) is 5.11 Å². The van der Waals surface area contributed by atoms with E-state index in [-0.39, 0.29) is 5.02 Å². The Bertz CT molecular complexity index is 624. The Morgan fingerprint density at radius 3 is 2.47 bits per heavy atom. The zero-order valence-corrected chi connectivity index (χ0v) is 11.1. The fourth-order valence-electron chi connectivity index (χ4n) is 2.64. The Labute approximate surface area is 116 Å². The van der Waals surface area contributed by atoms with Crippen molar-refractivity contribution in [1.29, 1.82) is 0 Å². The van der Waals surface area contributed by atoms with Gasteiger partial charge in [-0.05, 0) is 53.6 Å². The molecule has 1 aliphatic carbocycles. The van der Waals surface area contributed by atoms with Crippen molar-refractivity contribution in [2.24, 2.45) is 0 Å². The summed E-state index contributed by atoms with van der Waals surface area (Å²) in [5.74, 6) is -0.466. The molecule has 3 heteroatoms.